The number of rotatable bonds is 5. The van der Waals surface area contributed by atoms with Crippen molar-refractivity contribution in [1.82, 2.24) is 5.32 Å². The Morgan fingerprint density at radius 2 is 2.06 bits per heavy atom. The highest BCUT2D eigenvalue weighted by Crippen LogP contribution is 2.29. The van der Waals surface area contributed by atoms with Gasteiger partial charge >= 0.3 is 0 Å². The van der Waals surface area contributed by atoms with Gasteiger partial charge in [0.1, 0.15) is 11.5 Å². The molecule has 1 N–H and O–H groups in total. The quantitative estimate of drug-likeness (QED) is 0.876. The van der Waals surface area contributed by atoms with Gasteiger partial charge in [-0.25, -0.2) is 0 Å². The first-order valence-electron chi connectivity index (χ1n) is 6.38. The normalized spacial score (nSPS) is 12.9. The van der Waals surface area contributed by atoms with Crippen LogP contribution in [0.3, 0.4) is 0 Å². The molecule has 0 aromatic carbocycles. The summed E-state index contributed by atoms with van der Waals surface area (Å²) in [7, 11) is 2.03. The molecule has 3 heteroatoms. The summed E-state index contributed by atoms with van der Waals surface area (Å²) in [5, 5.41) is 7.79. The molecular formula is C15H21NOS. The Morgan fingerprint density at radius 1 is 1.28 bits per heavy atom. The van der Waals surface area contributed by atoms with E-state index < -0.39 is 0 Å². The minimum Gasteiger partial charge on any atom is -0.466 e. The van der Waals surface area contributed by atoms with E-state index in [2.05, 4.69) is 36.0 Å². The lowest BCUT2D eigenvalue weighted by molar-refractivity contribution is 0.484. The molecule has 98 valence electrons. The van der Waals surface area contributed by atoms with Crippen molar-refractivity contribution in [2.45, 2.75) is 39.7 Å². The topological polar surface area (TPSA) is 25.2 Å². The Kier molecular flexibility index (Phi) is 4.25. The number of aryl methyl sites for hydroxylation is 3. The van der Waals surface area contributed by atoms with Gasteiger partial charge in [0.05, 0.1) is 0 Å². The van der Waals surface area contributed by atoms with Crippen molar-refractivity contribution in [3.63, 3.8) is 0 Å². The van der Waals surface area contributed by atoms with Crippen molar-refractivity contribution in [3.05, 3.63) is 45.0 Å². The van der Waals surface area contributed by atoms with Gasteiger partial charge in [-0.2, -0.15) is 11.3 Å². The summed E-state index contributed by atoms with van der Waals surface area (Å²) in [4.78, 5) is 0. The van der Waals surface area contributed by atoms with Crippen LogP contribution in [0.5, 0.6) is 0 Å². The zero-order valence-corrected chi connectivity index (χ0v) is 12.4. The largest absolute Gasteiger partial charge is 0.466 e. The van der Waals surface area contributed by atoms with E-state index in [9.17, 15) is 0 Å². The molecule has 0 fully saturated rings. The van der Waals surface area contributed by atoms with E-state index in [-0.39, 0.29) is 0 Å². The van der Waals surface area contributed by atoms with E-state index >= 15 is 0 Å². The fourth-order valence-corrected chi connectivity index (χ4v) is 3.20. The van der Waals surface area contributed by atoms with Gasteiger partial charge in [0, 0.05) is 11.6 Å². The molecule has 0 spiro atoms. The average Bonchev–Trinajstić information content (AvgIpc) is 2.93. The maximum atomic E-state index is 5.73. The summed E-state index contributed by atoms with van der Waals surface area (Å²) in [6.45, 7) is 6.25. The minimum absolute atomic E-state index is 0.377. The number of nitrogens with one attached hydrogen (secondary N) is 1. The zero-order chi connectivity index (χ0) is 13.1. The highest BCUT2D eigenvalue weighted by atomic mass is 32.1. The molecule has 0 bridgehead atoms. The molecule has 0 aliphatic rings. The lowest BCUT2D eigenvalue weighted by Crippen LogP contribution is -2.18. The lowest BCUT2D eigenvalue weighted by atomic mass is 9.97. The van der Waals surface area contributed by atoms with Crippen LogP contribution in [0.4, 0.5) is 0 Å². The second kappa shape index (κ2) is 5.72. The third kappa shape index (κ3) is 2.68. The van der Waals surface area contributed by atoms with Crippen molar-refractivity contribution < 1.29 is 4.42 Å². The van der Waals surface area contributed by atoms with Crippen molar-refractivity contribution in [2.75, 3.05) is 7.05 Å². The molecule has 2 heterocycles. The van der Waals surface area contributed by atoms with Crippen LogP contribution in [0.15, 0.2) is 21.2 Å². The SMILES string of the molecule is CNC(CCc1ccsc1)c1c(C)oc(C)c1C. The first-order valence-corrected chi connectivity index (χ1v) is 7.32. The summed E-state index contributed by atoms with van der Waals surface area (Å²) >= 11 is 1.77. The lowest BCUT2D eigenvalue weighted by Gasteiger charge is -2.16. The van der Waals surface area contributed by atoms with E-state index in [1.165, 1.54) is 16.7 Å². The highest BCUT2D eigenvalue weighted by molar-refractivity contribution is 7.07. The van der Waals surface area contributed by atoms with Gasteiger partial charge in [-0.3, -0.25) is 0 Å². The van der Waals surface area contributed by atoms with E-state index in [4.69, 9.17) is 4.42 Å². The van der Waals surface area contributed by atoms with Crippen molar-refractivity contribution in [3.8, 4) is 0 Å². The Labute approximate surface area is 113 Å². The molecule has 0 saturated carbocycles. The van der Waals surface area contributed by atoms with Crippen molar-refractivity contribution in [1.29, 1.82) is 0 Å². The van der Waals surface area contributed by atoms with E-state index in [1.807, 2.05) is 14.0 Å². The van der Waals surface area contributed by atoms with Crippen LogP contribution in [0.1, 0.15) is 40.7 Å². The van der Waals surface area contributed by atoms with Crippen LogP contribution < -0.4 is 5.32 Å². The Balaban J connectivity index is 2.13. The molecule has 18 heavy (non-hydrogen) atoms. The van der Waals surface area contributed by atoms with Crippen LogP contribution in [0.2, 0.25) is 0 Å². The smallest absolute Gasteiger partial charge is 0.106 e. The molecule has 1 unspecified atom stereocenters. The molecule has 0 radical (unpaired) electrons. The number of furan rings is 1. The van der Waals surface area contributed by atoms with Gasteiger partial charge in [0.15, 0.2) is 0 Å². The summed E-state index contributed by atoms with van der Waals surface area (Å²) in [5.41, 5.74) is 4.05. The molecule has 0 aliphatic carbocycles. The predicted octanol–water partition coefficient (Wildman–Crippen LogP) is 4.16. The molecule has 0 aliphatic heterocycles. The number of thiophene rings is 1. The van der Waals surface area contributed by atoms with Crippen LogP contribution in [0, 0.1) is 20.8 Å². The molecule has 2 aromatic heterocycles. The van der Waals surface area contributed by atoms with Gasteiger partial charge in [-0.1, -0.05) is 0 Å². The van der Waals surface area contributed by atoms with Crippen LogP contribution in [0.25, 0.3) is 0 Å². The van der Waals surface area contributed by atoms with Crippen LogP contribution in [-0.2, 0) is 6.42 Å². The fourth-order valence-electron chi connectivity index (χ4n) is 2.50. The van der Waals surface area contributed by atoms with Crippen LogP contribution >= 0.6 is 11.3 Å². The molecule has 2 aromatic rings. The standard InChI is InChI=1S/C15H21NOS/c1-10-11(2)17-12(3)15(10)14(16-4)6-5-13-7-8-18-9-13/h7-9,14,16H,5-6H2,1-4H3. The highest BCUT2D eigenvalue weighted by Gasteiger charge is 2.19. The molecule has 1 atom stereocenters. The molecule has 2 nitrogen and oxygen atoms in total. The molecule has 0 saturated heterocycles. The van der Waals surface area contributed by atoms with Gasteiger partial charge in [0.25, 0.3) is 0 Å². The maximum Gasteiger partial charge on any atom is 0.106 e. The predicted molar refractivity (Wildman–Crippen MR) is 77.4 cm³/mol. The summed E-state index contributed by atoms with van der Waals surface area (Å²) in [5.74, 6) is 2.09. The zero-order valence-electron chi connectivity index (χ0n) is 11.5. The van der Waals surface area contributed by atoms with Gasteiger partial charge in [-0.15, -0.1) is 0 Å². The van der Waals surface area contributed by atoms with Crippen LogP contribution in [-0.4, -0.2) is 7.05 Å². The molecule has 0 amide bonds. The second-order valence-corrected chi connectivity index (χ2v) is 5.54. The number of hydrogen-bond acceptors (Lipinski definition) is 3. The summed E-state index contributed by atoms with van der Waals surface area (Å²) in [6, 6.07) is 2.58. The Bertz CT molecular complexity index is 499. The fraction of sp³-hybridized carbons (Fsp3) is 0.467. The monoisotopic (exact) mass is 263 g/mol. The van der Waals surface area contributed by atoms with Gasteiger partial charge in [0.2, 0.25) is 0 Å². The van der Waals surface area contributed by atoms with Crippen molar-refractivity contribution >= 4 is 11.3 Å². The van der Waals surface area contributed by atoms with E-state index in [0.29, 0.717) is 6.04 Å². The minimum atomic E-state index is 0.377. The number of hydrogen-bond donors (Lipinski definition) is 1. The maximum absolute atomic E-state index is 5.73. The third-order valence-electron chi connectivity index (χ3n) is 3.62. The first kappa shape index (κ1) is 13.4. The summed E-state index contributed by atoms with van der Waals surface area (Å²) in [6.07, 6.45) is 2.21. The van der Waals surface area contributed by atoms with Gasteiger partial charge in [-0.05, 0) is 68.6 Å². The first-order chi connectivity index (χ1) is 8.63. The Hall–Kier alpha value is -1.06. The second-order valence-electron chi connectivity index (χ2n) is 4.76. The summed E-state index contributed by atoms with van der Waals surface area (Å²) < 4.78 is 5.73. The average molecular weight is 263 g/mol. The van der Waals surface area contributed by atoms with Crippen molar-refractivity contribution in [2.24, 2.45) is 0 Å². The molecular weight excluding hydrogens is 242 g/mol. The third-order valence-corrected chi connectivity index (χ3v) is 4.35. The van der Waals surface area contributed by atoms with Gasteiger partial charge < -0.3 is 9.73 Å². The Morgan fingerprint density at radius 3 is 2.56 bits per heavy atom. The van der Waals surface area contributed by atoms with E-state index in [1.54, 1.807) is 11.3 Å². The molecule has 2 rings (SSSR count). The van der Waals surface area contributed by atoms with E-state index in [0.717, 1.165) is 24.4 Å².